The normalized spacial score (nSPS) is 11.8. The maximum Gasteiger partial charge on any atom is 0.408 e. The summed E-state index contributed by atoms with van der Waals surface area (Å²) in [4.78, 5) is 24.2. The Morgan fingerprint density at radius 1 is 1.00 bits per heavy atom. The van der Waals surface area contributed by atoms with Crippen LogP contribution in [0.1, 0.15) is 48.5 Å². The lowest BCUT2D eigenvalue weighted by molar-refractivity contribution is -0.121. The van der Waals surface area contributed by atoms with Gasteiger partial charge in [-0.15, -0.1) is 0 Å². The van der Waals surface area contributed by atoms with Crippen molar-refractivity contribution in [2.24, 2.45) is 0 Å². The molecule has 2 amide bonds. The summed E-state index contributed by atoms with van der Waals surface area (Å²) >= 11 is 0. The maximum atomic E-state index is 12.4. The average molecular weight is 336 g/mol. The highest BCUT2D eigenvalue weighted by atomic mass is 16.6. The second-order valence-electron chi connectivity index (χ2n) is 7.40. The van der Waals surface area contributed by atoms with Gasteiger partial charge in [0.15, 0.2) is 0 Å². The predicted octanol–water partition coefficient (Wildman–Crippen LogP) is 3.72. The molecule has 2 N–H and O–H groups in total. The zero-order chi connectivity index (χ0) is 18.5. The van der Waals surface area contributed by atoms with E-state index in [1.807, 2.05) is 13.8 Å². The Kier molecular flexibility index (Phi) is 6.23. The summed E-state index contributed by atoms with van der Waals surface area (Å²) in [5.41, 5.74) is -1.12. The standard InChI is InChI=1S/C18H28N2O4/c1-12(2)23-14-10-8-13(9-11-14)19-15(21)18(6,7)20-16(22)24-17(3,4)5/h8-12H,1-7H3,(H,19,21)(H,20,22). The second kappa shape index (κ2) is 7.55. The molecule has 0 spiro atoms. The molecule has 24 heavy (non-hydrogen) atoms. The number of hydrogen-bond donors (Lipinski definition) is 2. The van der Waals surface area contributed by atoms with Crippen LogP contribution in [0.4, 0.5) is 10.5 Å². The third-order valence-electron chi connectivity index (χ3n) is 2.87. The van der Waals surface area contributed by atoms with Gasteiger partial charge >= 0.3 is 6.09 Å². The number of carbonyl (C=O) groups excluding carboxylic acids is 2. The Labute approximate surface area is 143 Å². The van der Waals surface area contributed by atoms with Crippen molar-refractivity contribution in [2.45, 2.75) is 65.7 Å². The zero-order valence-corrected chi connectivity index (χ0v) is 15.5. The summed E-state index contributed by atoms with van der Waals surface area (Å²) in [5, 5.41) is 5.34. The SMILES string of the molecule is CC(C)Oc1ccc(NC(=O)C(C)(C)NC(=O)OC(C)(C)C)cc1. The van der Waals surface area contributed by atoms with Gasteiger partial charge in [-0.25, -0.2) is 4.79 Å². The number of amides is 2. The van der Waals surface area contributed by atoms with Gasteiger partial charge in [-0.1, -0.05) is 0 Å². The molecular formula is C18H28N2O4. The maximum absolute atomic E-state index is 12.4. The summed E-state index contributed by atoms with van der Waals surface area (Å²) in [6, 6.07) is 7.06. The number of nitrogens with one attached hydrogen (secondary N) is 2. The molecular weight excluding hydrogens is 308 g/mol. The van der Waals surface area contributed by atoms with E-state index in [4.69, 9.17) is 9.47 Å². The van der Waals surface area contributed by atoms with Gasteiger partial charge in [-0.2, -0.15) is 0 Å². The zero-order valence-electron chi connectivity index (χ0n) is 15.5. The molecule has 0 bridgehead atoms. The van der Waals surface area contributed by atoms with Gasteiger partial charge in [0, 0.05) is 5.69 Å². The van der Waals surface area contributed by atoms with E-state index in [1.54, 1.807) is 58.9 Å². The van der Waals surface area contributed by atoms with E-state index < -0.39 is 17.2 Å². The van der Waals surface area contributed by atoms with Crippen LogP contribution in [0.15, 0.2) is 24.3 Å². The molecule has 0 radical (unpaired) electrons. The van der Waals surface area contributed by atoms with Crippen molar-refractivity contribution in [1.82, 2.24) is 5.32 Å². The first-order valence-corrected chi connectivity index (χ1v) is 7.98. The molecule has 0 heterocycles. The number of alkyl carbamates (subject to hydrolysis) is 1. The molecule has 1 aromatic rings. The lowest BCUT2D eigenvalue weighted by Gasteiger charge is -2.27. The first kappa shape index (κ1) is 19.8. The Balaban J connectivity index is 2.66. The minimum atomic E-state index is -1.12. The molecule has 0 saturated carbocycles. The van der Waals surface area contributed by atoms with Crippen molar-refractivity contribution >= 4 is 17.7 Å². The molecule has 134 valence electrons. The van der Waals surface area contributed by atoms with E-state index in [9.17, 15) is 9.59 Å². The summed E-state index contributed by atoms with van der Waals surface area (Å²) in [6.07, 6.45) is -0.550. The molecule has 0 aromatic heterocycles. The molecule has 0 atom stereocenters. The van der Waals surface area contributed by atoms with Gasteiger partial charge in [-0.05, 0) is 72.7 Å². The van der Waals surface area contributed by atoms with Gasteiger partial charge in [0.2, 0.25) is 5.91 Å². The van der Waals surface area contributed by atoms with Crippen LogP contribution in [0.3, 0.4) is 0 Å². The summed E-state index contributed by atoms with van der Waals surface area (Å²) < 4.78 is 10.7. The Morgan fingerprint density at radius 2 is 1.54 bits per heavy atom. The highest BCUT2D eigenvalue weighted by molar-refractivity contribution is 5.99. The van der Waals surface area contributed by atoms with Crippen LogP contribution in [-0.4, -0.2) is 29.2 Å². The van der Waals surface area contributed by atoms with Gasteiger partial charge in [0.05, 0.1) is 6.10 Å². The van der Waals surface area contributed by atoms with E-state index in [1.165, 1.54) is 0 Å². The molecule has 0 saturated heterocycles. The van der Waals surface area contributed by atoms with Crippen LogP contribution in [0.25, 0.3) is 0 Å². The first-order chi connectivity index (χ1) is 10.9. The van der Waals surface area contributed by atoms with Crippen molar-refractivity contribution in [3.8, 4) is 5.75 Å². The van der Waals surface area contributed by atoms with Crippen LogP contribution in [-0.2, 0) is 9.53 Å². The Morgan fingerprint density at radius 3 is 2.00 bits per heavy atom. The summed E-state index contributed by atoms with van der Waals surface area (Å²) in [7, 11) is 0. The average Bonchev–Trinajstić information content (AvgIpc) is 2.37. The largest absolute Gasteiger partial charge is 0.491 e. The third kappa shape index (κ3) is 6.89. The second-order valence-corrected chi connectivity index (χ2v) is 7.40. The van der Waals surface area contributed by atoms with Crippen LogP contribution in [0.2, 0.25) is 0 Å². The highest BCUT2D eigenvalue weighted by Crippen LogP contribution is 2.18. The van der Waals surface area contributed by atoms with Crippen molar-refractivity contribution in [2.75, 3.05) is 5.32 Å². The number of rotatable bonds is 5. The topological polar surface area (TPSA) is 76.7 Å². The lowest BCUT2D eigenvalue weighted by Crippen LogP contribution is -2.53. The van der Waals surface area contributed by atoms with Crippen LogP contribution in [0.5, 0.6) is 5.75 Å². The van der Waals surface area contributed by atoms with E-state index in [0.29, 0.717) is 5.69 Å². The van der Waals surface area contributed by atoms with Gasteiger partial charge in [0.1, 0.15) is 16.9 Å². The molecule has 6 heteroatoms. The van der Waals surface area contributed by atoms with Crippen LogP contribution in [0, 0.1) is 0 Å². The monoisotopic (exact) mass is 336 g/mol. The third-order valence-corrected chi connectivity index (χ3v) is 2.87. The number of carbonyl (C=O) groups is 2. The minimum absolute atomic E-state index is 0.0856. The van der Waals surface area contributed by atoms with Crippen molar-refractivity contribution in [3.05, 3.63) is 24.3 Å². The fourth-order valence-electron chi connectivity index (χ4n) is 1.79. The molecule has 6 nitrogen and oxygen atoms in total. The van der Waals surface area contributed by atoms with E-state index in [0.717, 1.165) is 5.75 Å². The number of ether oxygens (including phenoxy) is 2. The fourth-order valence-corrected chi connectivity index (χ4v) is 1.79. The van der Waals surface area contributed by atoms with Crippen molar-refractivity contribution in [3.63, 3.8) is 0 Å². The summed E-state index contributed by atoms with van der Waals surface area (Å²) in [5.74, 6) is 0.389. The highest BCUT2D eigenvalue weighted by Gasteiger charge is 2.31. The molecule has 0 aliphatic rings. The number of benzene rings is 1. The molecule has 0 aliphatic heterocycles. The lowest BCUT2D eigenvalue weighted by atomic mass is 10.0. The van der Waals surface area contributed by atoms with Crippen LogP contribution >= 0.6 is 0 Å². The molecule has 0 aliphatic carbocycles. The van der Waals surface area contributed by atoms with E-state index in [-0.39, 0.29) is 12.0 Å². The van der Waals surface area contributed by atoms with Crippen LogP contribution < -0.4 is 15.4 Å². The Bertz CT molecular complexity index is 572. The smallest absolute Gasteiger partial charge is 0.408 e. The fraction of sp³-hybridized carbons (Fsp3) is 0.556. The molecule has 0 fully saturated rings. The molecule has 1 aromatic carbocycles. The van der Waals surface area contributed by atoms with E-state index >= 15 is 0 Å². The van der Waals surface area contributed by atoms with Crippen molar-refractivity contribution < 1.29 is 19.1 Å². The Hall–Kier alpha value is -2.24. The molecule has 1 rings (SSSR count). The number of anilines is 1. The van der Waals surface area contributed by atoms with Gasteiger partial charge < -0.3 is 20.1 Å². The number of hydrogen-bond acceptors (Lipinski definition) is 4. The predicted molar refractivity (Wildman–Crippen MR) is 94.3 cm³/mol. The van der Waals surface area contributed by atoms with Gasteiger partial charge in [0.25, 0.3) is 0 Å². The quantitative estimate of drug-likeness (QED) is 0.859. The van der Waals surface area contributed by atoms with Crippen molar-refractivity contribution in [1.29, 1.82) is 0 Å². The van der Waals surface area contributed by atoms with E-state index in [2.05, 4.69) is 10.6 Å². The van der Waals surface area contributed by atoms with Gasteiger partial charge in [-0.3, -0.25) is 4.79 Å². The molecule has 0 unspecified atom stereocenters. The summed E-state index contributed by atoms with van der Waals surface area (Å²) in [6.45, 7) is 12.4. The minimum Gasteiger partial charge on any atom is -0.491 e. The first-order valence-electron chi connectivity index (χ1n) is 7.98.